The van der Waals surface area contributed by atoms with E-state index in [9.17, 15) is 0 Å². The zero-order chi connectivity index (χ0) is 12.3. The smallest absolute Gasteiger partial charge is 0.256 e. The number of aryl methyl sites for hydroxylation is 1. The lowest BCUT2D eigenvalue weighted by molar-refractivity contribution is 0.186. The summed E-state index contributed by atoms with van der Waals surface area (Å²) in [5, 5.41) is 7.67. The molecule has 0 radical (unpaired) electrons. The van der Waals surface area contributed by atoms with Crippen LogP contribution in [-0.4, -0.2) is 10.2 Å². The number of aromatic nitrogens is 2. The molecule has 0 spiro atoms. The van der Waals surface area contributed by atoms with Gasteiger partial charge in [0.1, 0.15) is 11.6 Å². The van der Waals surface area contributed by atoms with Crippen molar-refractivity contribution in [2.45, 2.75) is 25.8 Å². The van der Waals surface area contributed by atoms with Crippen molar-refractivity contribution in [1.29, 1.82) is 0 Å². The van der Waals surface area contributed by atoms with Crippen molar-refractivity contribution in [3.63, 3.8) is 0 Å². The fourth-order valence-electron chi connectivity index (χ4n) is 1.43. The van der Waals surface area contributed by atoms with Crippen LogP contribution in [0.1, 0.15) is 30.4 Å². The van der Waals surface area contributed by atoms with Crippen LogP contribution in [0.25, 0.3) is 0 Å². The van der Waals surface area contributed by atoms with Gasteiger partial charge in [-0.2, -0.15) is 0 Å². The van der Waals surface area contributed by atoms with E-state index >= 15 is 0 Å². The van der Waals surface area contributed by atoms with Gasteiger partial charge in [-0.15, -0.1) is 21.8 Å². The molecule has 5 heteroatoms. The van der Waals surface area contributed by atoms with Crippen LogP contribution in [0.2, 0.25) is 0 Å². The van der Waals surface area contributed by atoms with Gasteiger partial charge in [-0.1, -0.05) is 12.1 Å². The molecule has 4 nitrogen and oxygen atoms in total. The molecule has 2 rings (SSSR count). The summed E-state index contributed by atoms with van der Waals surface area (Å²) in [5.41, 5.74) is 1.14. The Morgan fingerprint density at radius 3 is 2.88 bits per heavy atom. The van der Waals surface area contributed by atoms with Gasteiger partial charge < -0.3 is 9.15 Å². The number of rotatable bonds is 4. The largest absolute Gasteiger partial charge is 0.481 e. The first kappa shape index (κ1) is 11.9. The summed E-state index contributed by atoms with van der Waals surface area (Å²) in [6, 6.07) is 7.79. The first-order valence-corrected chi connectivity index (χ1v) is 5.84. The lowest BCUT2D eigenvalue weighted by Gasteiger charge is -2.11. The van der Waals surface area contributed by atoms with Gasteiger partial charge in [-0.05, 0) is 31.5 Å². The monoisotopic (exact) mass is 252 g/mol. The van der Waals surface area contributed by atoms with Gasteiger partial charge in [0, 0.05) is 0 Å². The third-order valence-electron chi connectivity index (χ3n) is 2.25. The second-order valence-corrected chi connectivity index (χ2v) is 4.01. The fraction of sp³-hybridized carbons (Fsp3) is 0.333. The van der Waals surface area contributed by atoms with Crippen LogP contribution in [0.5, 0.6) is 5.75 Å². The van der Waals surface area contributed by atoms with E-state index < -0.39 is 0 Å². The van der Waals surface area contributed by atoms with E-state index in [1.165, 1.54) is 0 Å². The Bertz CT molecular complexity index is 499. The van der Waals surface area contributed by atoms with Crippen molar-refractivity contribution in [1.82, 2.24) is 10.2 Å². The number of halogens is 1. The molecular formula is C12H13ClN2O2. The standard InChI is InChI=1S/C12H13ClN2O2/c1-8-4-3-5-10(6-8)16-9(2)12-15-14-11(7-13)17-12/h3-6,9H,7H2,1-2H3. The molecule has 2 aromatic rings. The lowest BCUT2D eigenvalue weighted by atomic mass is 10.2. The Morgan fingerprint density at radius 1 is 1.41 bits per heavy atom. The molecule has 1 atom stereocenters. The minimum atomic E-state index is -0.290. The van der Waals surface area contributed by atoms with E-state index in [1.807, 2.05) is 38.1 Å². The Balaban J connectivity index is 2.08. The molecule has 0 N–H and O–H groups in total. The molecule has 1 aromatic carbocycles. The highest BCUT2D eigenvalue weighted by atomic mass is 35.5. The maximum absolute atomic E-state index is 5.70. The van der Waals surface area contributed by atoms with Gasteiger partial charge in [-0.25, -0.2) is 0 Å². The van der Waals surface area contributed by atoms with Gasteiger partial charge in [0.2, 0.25) is 5.89 Å². The predicted molar refractivity (Wildman–Crippen MR) is 64.1 cm³/mol. The van der Waals surface area contributed by atoms with Gasteiger partial charge in [0.15, 0.2) is 6.10 Å². The number of benzene rings is 1. The summed E-state index contributed by atoms with van der Waals surface area (Å²) in [6.07, 6.45) is -0.290. The van der Waals surface area contributed by atoms with E-state index in [1.54, 1.807) is 0 Å². The average molecular weight is 253 g/mol. The zero-order valence-corrected chi connectivity index (χ0v) is 10.4. The number of nitrogens with zero attached hydrogens (tertiary/aromatic N) is 2. The molecule has 90 valence electrons. The van der Waals surface area contributed by atoms with E-state index in [4.69, 9.17) is 20.8 Å². The normalized spacial score (nSPS) is 12.4. The highest BCUT2D eigenvalue weighted by Crippen LogP contribution is 2.21. The molecule has 0 aliphatic carbocycles. The number of hydrogen-bond donors (Lipinski definition) is 0. The van der Waals surface area contributed by atoms with E-state index in [0.717, 1.165) is 11.3 Å². The molecule has 0 fully saturated rings. The van der Waals surface area contributed by atoms with Crippen molar-refractivity contribution in [3.8, 4) is 5.75 Å². The average Bonchev–Trinajstić information content (AvgIpc) is 2.77. The lowest BCUT2D eigenvalue weighted by Crippen LogP contribution is -2.03. The molecule has 1 aromatic heterocycles. The van der Waals surface area contributed by atoms with E-state index in [-0.39, 0.29) is 12.0 Å². The number of ether oxygens (including phenoxy) is 1. The number of hydrogen-bond acceptors (Lipinski definition) is 4. The first-order chi connectivity index (χ1) is 8.19. The van der Waals surface area contributed by atoms with Crippen LogP contribution >= 0.6 is 11.6 Å². The predicted octanol–water partition coefficient (Wildman–Crippen LogP) is 3.26. The summed E-state index contributed by atoms with van der Waals surface area (Å²) in [6.45, 7) is 3.86. The van der Waals surface area contributed by atoms with E-state index in [2.05, 4.69) is 10.2 Å². The molecule has 1 heterocycles. The van der Waals surface area contributed by atoms with Crippen molar-refractivity contribution in [2.75, 3.05) is 0 Å². The molecular weight excluding hydrogens is 240 g/mol. The van der Waals surface area contributed by atoms with Crippen molar-refractivity contribution < 1.29 is 9.15 Å². The van der Waals surface area contributed by atoms with E-state index in [0.29, 0.717) is 11.8 Å². The molecule has 0 aliphatic rings. The third kappa shape index (κ3) is 2.97. The van der Waals surface area contributed by atoms with Crippen LogP contribution in [0.4, 0.5) is 0 Å². The minimum Gasteiger partial charge on any atom is -0.481 e. The summed E-state index contributed by atoms with van der Waals surface area (Å²) in [7, 11) is 0. The topological polar surface area (TPSA) is 48.2 Å². The molecule has 1 unspecified atom stereocenters. The molecule has 17 heavy (non-hydrogen) atoms. The summed E-state index contributed by atoms with van der Waals surface area (Å²) in [4.78, 5) is 0. The van der Waals surface area contributed by atoms with Crippen molar-refractivity contribution >= 4 is 11.6 Å². The second-order valence-electron chi connectivity index (χ2n) is 3.74. The first-order valence-electron chi connectivity index (χ1n) is 5.30. The minimum absolute atomic E-state index is 0.212. The highest BCUT2D eigenvalue weighted by Gasteiger charge is 2.15. The SMILES string of the molecule is Cc1cccc(OC(C)c2nnc(CCl)o2)c1. The quantitative estimate of drug-likeness (QED) is 0.784. The molecule has 0 amide bonds. The van der Waals surface area contributed by atoms with Crippen LogP contribution in [-0.2, 0) is 5.88 Å². The molecule has 0 saturated heterocycles. The highest BCUT2D eigenvalue weighted by molar-refractivity contribution is 6.16. The number of alkyl halides is 1. The Morgan fingerprint density at radius 2 is 2.24 bits per heavy atom. The van der Waals surface area contributed by atoms with Crippen molar-refractivity contribution in [3.05, 3.63) is 41.6 Å². The molecule has 0 bridgehead atoms. The van der Waals surface area contributed by atoms with Gasteiger partial charge >= 0.3 is 0 Å². The molecule has 0 aliphatic heterocycles. The Kier molecular flexibility index (Phi) is 3.64. The third-order valence-corrected chi connectivity index (χ3v) is 2.48. The Labute approximate surface area is 105 Å². The summed E-state index contributed by atoms with van der Waals surface area (Å²) in [5.74, 6) is 1.83. The molecule has 0 saturated carbocycles. The second kappa shape index (κ2) is 5.19. The maximum atomic E-state index is 5.70. The van der Waals surface area contributed by atoms with Gasteiger partial charge in [0.25, 0.3) is 5.89 Å². The van der Waals surface area contributed by atoms with Crippen molar-refractivity contribution in [2.24, 2.45) is 0 Å². The Hall–Kier alpha value is -1.55. The maximum Gasteiger partial charge on any atom is 0.256 e. The van der Waals surface area contributed by atoms with Gasteiger partial charge in [-0.3, -0.25) is 0 Å². The van der Waals surface area contributed by atoms with Crippen LogP contribution in [0.15, 0.2) is 28.7 Å². The fourth-order valence-corrected chi connectivity index (χ4v) is 1.54. The zero-order valence-electron chi connectivity index (χ0n) is 9.68. The van der Waals surface area contributed by atoms with Gasteiger partial charge in [0.05, 0.1) is 0 Å². The summed E-state index contributed by atoms with van der Waals surface area (Å²) >= 11 is 5.59. The van der Waals surface area contributed by atoms with Crippen LogP contribution in [0.3, 0.4) is 0 Å². The summed E-state index contributed by atoms with van der Waals surface area (Å²) < 4.78 is 11.0. The van der Waals surface area contributed by atoms with Crippen LogP contribution < -0.4 is 4.74 Å². The van der Waals surface area contributed by atoms with Crippen LogP contribution in [0, 0.1) is 6.92 Å².